The van der Waals surface area contributed by atoms with Crippen LogP contribution in [0.15, 0.2) is 24.3 Å². The van der Waals surface area contributed by atoms with Crippen LogP contribution in [0.25, 0.3) is 0 Å². The quantitative estimate of drug-likeness (QED) is 0.712. The van der Waals surface area contributed by atoms with Gasteiger partial charge in [0.1, 0.15) is 11.8 Å². The lowest BCUT2D eigenvalue weighted by Gasteiger charge is -2.17. The molecular weight excluding hydrogens is 334 g/mol. The lowest BCUT2D eigenvalue weighted by Crippen LogP contribution is -2.49. The highest BCUT2D eigenvalue weighted by atomic mass is 32.2. The van der Waals surface area contributed by atoms with Crippen molar-refractivity contribution in [1.29, 1.82) is 0 Å². The number of hydrogen-bond acceptors (Lipinski definition) is 5. The maximum Gasteiger partial charge on any atom is 0.315 e. The van der Waals surface area contributed by atoms with Crippen LogP contribution in [0.4, 0.5) is 10.5 Å². The molecule has 1 aliphatic rings. The van der Waals surface area contributed by atoms with E-state index in [4.69, 9.17) is 4.74 Å². The first-order chi connectivity index (χ1) is 11.3. The van der Waals surface area contributed by atoms with Crippen LogP contribution < -0.4 is 20.7 Å². The number of benzene rings is 1. The SMILES string of the molecule is COc1ccc(NC(=O)C(C)NC(=O)NC2CCS(=O)(=O)C2)cc1. The summed E-state index contributed by atoms with van der Waals surface area (Å²) in [5.74, 6) is 0.303. The molecule has 1 saturated heterocycles. The topological polar surface area (TPSA) is 114 Å². The van der Waals surface area contributed by atoms with Gasteiger partial charge < -0.3 is 20.7 Å². The fourth-order valence-electron chi connectivity index (χ4n) is 2.32. The van der Waals surface area contributed by atoms with Crippen LogP contribution in [0.5, 0.6) is 5.75 Å². The van der Waals surface area contributed by atoms with Gasteiger partial charge in [0.05, 0.1) is 18.6 Å². The van der Waals surface area contributed by atoms with E-state index in [1.807, 2.05) is 0 Å². The molecule has 132 valence electrons. The molecule has 24 heavy (non-hydrogen) atoms. The van der Waals surface area contributed by atoms with Gasteiger partial charge in [0.2, 0.25) is 5.91 Å². The van der Waals surface area contributed by atoms with Gasteiger partial charge in [-0.05, 0) is 37.6 Å². The van der Waals surface area contributed by atoms with E-state index < -0.39 is 28.0 Å². The van der Waals surface area contributed by atoms with Crippen molar-refractivity contribution in [2.24, 2.45) is 0 Å². The molecule has 0 spiro atoms. The predicted octanol–water partition coefficient (Wildman–Crippen LogP) is 0.509. The molecule has 2 atom stereocenters. The van der Waals surface area contributed by atoms with Crippen LogP contribution in [0.2, 0.25) is 0 Å². The van der Waals surface area contributed by atoms with Crippen molar-refractivity contribution in [1.82, 2.24) is 10.6 Å². The van der Waals surface area contributed by atoms with Gasteiger partial charge in [0, 0.05) is 11.7 Å². The third kappa shape index (κ3) is 5.12. The normalized spacial score (nSPS) is 20.0. The van der Waals surface area contributed by atoms with Crippen molar-refractivity contribution in [3.63, 3.8) is 0 Å². The Labute approximate surface area is 140 Å². The average molecular weight is 355 g/mol. The molecule has 2 unspecified atom stereocenters. The number of sulfone groups is 1. The maximum absolute atomic E-state index is 12.1. The van der Waals surface area contributed by atoms with Crippen molar-refractivity contribution in [3.05, 3.63) is 24.3 Å². The van der Waals surface area contributed by atoms with E-state index in [0.717, 1.165) is 0 Å². The van der Waals surface area contributed by atoms with Gasteiger partial charge in [-0.3, -0.25) is 4.79 Å². The molecule has 3 N–H and O–H groups in total. The zero-order chi connectivity index (χ0) is 17.7. The molecular formula is C15H21N3O5S. The van der Waals surface area contributed by atoms with E-state index in [0.29, 0.717) is 17.9 Å². The number of anilines is 1. The highest BCUT2D eigenvalue weighted by Crippen LogP contribution is 2.15. The highest BCUT2D eigenvalue weighted by Gasteiger charge is 2.29. The maximum atomic E-state index is 12.1. The first-order valence-corrected chi connectivity index (χ1v) is 9.33. The molecule has 0 aromatic heterocycles. The lowest BCUT2D eigenvalue weighted by molar-refractivity contribution is -0.117. The Morgan fingerprint density at radius 2 is 1.92 bits per heavy atom. The zero-order valence-electron chi connectivity index (χ0n) is 13.5. The van der Waals surface area contributed by atoms with Crippen LogP contribution in [0, 0.1) is 0 Å². The van der Waals surface area contributed by atoms with Gasteiger partial charge in [-0.1, -0.05) is 0 Å². The molecule has 0 aliphatic carbocycles. The van der Waals surface area contributed by atoms with E-state index in [-0.39, 0.29) is 17.4 Å². The Balaban J connectivity index is 1.81. The Morgan fingerprint density at radius 3 is 2.46 bits per heavy atom. The first-order valence-electron chi connectivity index (χ1n) is 7.51. The largest absolute Gasteiger partial charge is 0.497 e. The van der Waals surface area contributed by atoms with Crippen molar-refractivity contribution in [3.8, 4) is 5.75 Å². The van der Waals surface area contributed by atoms with E-state index in [1.54, 1.807) is 38.3 Å². The van der Waals surface area contributed by atoms with Gasteiger partial charge >= 0.3 is 6.03 Å². The molecule has 1 aromatic rings. The number of carbonyl (C=O) groups is 2. The zero-order valence-corrected chi connectivity index (χ0v) is 14.4. The summed E-state index contributed by atoms with van der Waals surface area (Å²) in [4.78, 5) is 23.9. The molecule has 1 aromatic carbocycles. The summed E-state index contributed by atoms with van der Waals surface area (Å²) in [6.45, 7) is 1.55. The number of nitrogens with one attached hydrogen (secondary N) is 3. The molecule has 8 nitrogen and oxygen atoms in total. The number of carbonyl (C=O) groups excluding carboxylic acids is 2. The number of rotatable bonds is 5. The summed E-state index contributed by atoms with van der Waals surface area (Å²) in [5.41, 5.74) is 0.580. The summed E-state index contributed by atoms with van der Waals surface area (Å²) in [6.07, 6.45) is 0.391. The fourth-order valence-corrected chi connectivity index (χ4v) is 4.00. The molecule has 0 radical (unpaired) electrons. The van der Waals surface area contributed by atoms with Crippen molar-refractivity contribution >= 4 is 27.5 Å². The van der Waals surface area contributed by atoms with Gasteiger partial charge in [0.15, 0.2) is 9.84 Å². The Morgan fingerprint density at radius 1 is 1.25 bits per heavy atom. The number of ether oxygens (including phenoxy) is 1. The number of amides is 3. The first kappa shape index (κ1) is 18.1. The van der Waals surface area contributed by atoms with Crippen LogP contribution in [-0.2, 0) is 14.6 Å². The molecule has 1 heterocycles. The van der Waals surface area contributed by atoms with Crippen molar-refractivity contribution < 1.29 is 22.7 Å². The molecule has 1 fully saturated rings. The van der Waals surface area contributed by atoms with Crippen molar-refractivity contribution in [2.75, 3.05) is 23.9 Å². The van der Waals surface area contributed by atoms with Gasteiger partial charge in [-0.15, -0.1) is 0 Å². The summed E-state index contributed by atoms with van der Waals surface area (Å²) >= 11 is 0. The van der Waals surface area contributed by atoms with Crippen molar-refractivity contribution in [2.45, 2.75) is 25.4 Å². The number of hydrogen-bond donors (Lipinski definition) is 3. The fraction of sp³-hybridized carbons (Fsp3) is 0.467. The van der Waals surface area contributed by atoms with E-state index >= 15 is 0 Å². The van der Waals surface area contributed by atoms with Crippen LogP contribution in [-0.4, -0.2) is 51.1 Å². The standard InChI is InChI=1S/C15H21N3O5S/c1-10(14(19)17-11-3-5-13(23-2)6-4-11)16-15(20)18-12-7-8-24(21,22)9-12/h3-6,10,12H,7-9H2,1-2H3,(H,17,19)(H2,16,18,20). The van der Waals surface area contributed by atoms with Gasteiger partial charge in [0.25, 0.3) is 0 Å². The monoisotopic (exact) mass is 355 g/mol. The molecule has 3 amide bonds. The second kappa shape index (κ2) is 7.52. The van der Waals surface area contributed by atoms with Crippen LogP contribution >= 0.6 is 0 Å². The van der Waals surface area contributed by atoms with Crippen LogP contribution in [0.1, 0.15) is 13.3 Å². The van der Waals surface area contributed by atoms with E-state index in [2.05, 4.69) is 16.0 Å². The molecule has 1 aliphatic heterocycles. The minimum absolute atomic E-state index is 0.0627. The third-order valence-corrected chi connectivity index (χ3v) is 5.43. The van der Waals surface area contributed by atoms with E-state index in [1.165, 1.54) is 0 Å². The number of methoxy groups -OCH3 is 1. The second-order valence-electron chi connectivity index (χ2n) is 5.66. The lowest BCUT2D eigenvalue weighted by atomic mass is 10.2. The minimum atomic E-state index is -3.06. The van der Waals surface area contributed by atoms with Gasteiger partial charge in [-0.2, -0.15) is 0 Å². The van der Waals surface area contributed by atoms with E-state index in [9.17, 15) is 18.0 Å². The highest BCUT2D eigenvalue weighted by molar-refractivity contribution is 7.91. The Hall–Kier alpha value is -2.29. The molecule has 0 saturated carbocycles. The summed E-state index contributed by atoms with van der Waals surface area (Å²) in [5, 5.41) is 7.74. The molecule has 2 rings (SSSR count). The average Bonchev–Trinajstić information content (AvgIpc) is 2.86. The minimum Gasteiger partial charge on any atom is -0.497 e. The molecule has 9 heteroatoms. The number of urea groups is 1. The smallest absolute Gasteiger partial charge is 0.315 e. The molecule has 0 bridgehead atoms. The Kier molecular flexibility index (Phi) is 5.66. The van der Waals surface area contributed by atoms with Gasteiger partial charge in [-0.25, -0.2) is 13.2 Å². The third-order valence-electron chi connectivity index (χ3n) is 3.67. The predicted molar refractivity (Wildman–Crippen MR) is 89.8 cm³/mol. The summed E-state index contributed by atoms with van der Waals surface area (Å²) in [6, 6.07) is 5.05. The second-order valence-corrected chi connectivity index (χ2v) is 7.89. The van der Waals surface area contributed by atoms with Crippen LogP contribution in [0.3, 0.4) is 0 Å². The summed E-state index contributed by atoms with van der Waals surface area (Å²) < 4.78 is 27.7. The Bertz CT molecular complexity index is 702. The summed E-state index contributed by atoms with van der Waals surface area (Å²) in [7, 11) is -1.51.